The van der Waals surface area contributed by atoms with E-state index < -0.39 is 36.2 Å². The average molecular weight is 632 g/mol. The van der Waals surface area contributed by atoms with Gasteiger partial charge in [0.15, 0.2) is 0 Å². The van der Waals surface area contributed by atoms with Crippen LogP contribution in [-0.2, 0) is 25.6 Å². The first-order valence-electron chi connectivity index (χ1n) is 16.4. The molecule has 5 rings (SSSR count). The highest BCUT2D eigenvalue weighted by Gasteiger charge is 2.47. The fourth-order valence-electron chi connectivity index (χ4n) is 5.99. The first-order chi connectivity index (χ1) is 22.0. The van der Waals surface area contributed by atoms with Gasteiger partial charge in [-0.15, -0.1) is 0 Å². The van der Waals surface area contributed by atoms with Crippen LogP contribution in [0.2, 0.25) is 0 Å². The summed E-state index contributed by atoms with van der Waals surface area (Å²) >= 11 is 0. The van der Waals surface area contributed by atoms with Crippen LogP contribution in [0.25, 0.3) is 6.08 Å². The number of rotatable bonds is 10. The summed E-state index contributed by atoms with van der Waals surface area (Å²) in [5.41, 5.74) is 1.89. The minimum atomic E-state index is -0.998. The van der Waals surface area contributed by atoms with E-state index in [2.05, 4.69) is 16.0 Å². The highest BCUT2D eigenvalue weighted by atomic mass is 16.5. The van der Waals surface area contributed by atoms with Crippen molar-refractivity contribution in [1.82, 2.24) is 25.8 Å². The van der Waals surface area contributed by atoms with Crippen LogP contribution in [0.3, 0.4) is 0 Å². The van der Waals surface area contributed by atoms with E-state index >= 15 is 0 Å². The number of amides is 4. The fourth-order valence-corrected chi connectivity index (χ4v) is 5.99. The predicted octanol–water partition coefficient (Wildman–Crippen LogP) is 3.37. The predicted molar refractivity (Wildman–Crippen MR) is 179 cm³/mol. The second kappa shape index (κ2) is 15.9. The van der Waals surface area contributed by atoms with Crippen molar-refractivity contribution < 1.29 is 23.9 Å². The summed E-state index contributed by atoms with van der Waals surface area (Å²) in [4.78, 5) is 59.0. The third kappa shape index (κ3) is 8.34. The number of fused-ring (bicyclic) bond motifs is 7. The van der Waals surface area contributed by atoms with Gasteiger partial charge in [-0.25, -0.2) is 0 Å². The molecule has 3 heterocycles. The molecule has 2 aromatic carbocycles. The smallest absolute Gasteiger partial charge is 0.247 e. The molecule has 4 amide bonds. The topological polar surface area (TPSA) is 120 Å². The maximum atomic E-state index is 14.4. The molecule has 3 N–H and O–H groups in total. The van der Waals surface area contributed by atoms with Crippen LogP contribution in [0, 0.1) is 11.8 Å². The number of hydrogen-bond donors (Lipinski definition) is 3. The zero-order chi connectivity index (χ0) is 33.4. The Kier molecular flexibility index (Phi) is 12.0. The second-order valence-electron chi connectivity index (χ2n) is 12.7. The molecular weight excluding hydrogens is 582 g/mol. The van der Waals surface area contributed by atoms with Crippen LogP contribution in [0.1, 0.15) is 58.1 Å². The van der Waals surface area contributed by atoms with Crippen LogP contribution in [0.15, 0.2) is 60.8 Å². The van der Waals surface area contributed by atoms with Crippen molar-refractivity contribution in [2.45, 2.75) is 83.6 Å². The quantitative estimate of drug-likeness (QED) is 0.370. The molecule has 0 aliphatic carbocycles. The van der Waals surface area contributed by atoms with Gasteiger partial charge in [-0.1, -0.05) is 83.0 Å². The molecule has 0 spiro atoms. The Morgan fingerprint density at radius 3 is 2.33 bits per heavy atom. The normalized spacial score (nSPS) is 23.2. The summed E-state index contributed by atoms with van der Waals surface area (Å²) in [5.74, 6) is -1.16. The molecular formula is C36H49N5O5. The Labute approximate surface area is 272 Å². The summed E-state index contributed by atoms with van der Waals surface area (Å²) in [7, 11) is 3.70. The number of hydrogen-bond acceptors (Lipinski definition) is 6. The maximum Gasteiger partial charge on any atom is 0.247 e. The zero-order valence-corrected chi connectivity index (χ0v) is 27.9. The number of nitrogens with zero attached hydrogens (tertiary/aromatic N) is 2. The van der Waals surface area contributed by atoms with Gasteiger partial charge in [0.2, 0.25) is 23.6 Å². The summed E-state index contributed by atoms with van der Waals surface area (Å²) in [6, 6.07) is 14.0. The first kappa shape index (κ1) is 34.7. The average Bonchev–Trinajstić information content (AvgIpc) is 3.48. The summed E-state index contributed by atoms with van der Waals surface area (Å²) in [6.45, 7) is 8.04. The van der Waals surface area contributed by atoms with Gasteiger partial charge >= 0.3 is 0 Å². The molecule has 0 unspecified atom stereocenters. The Hall–Kier alpha value is -4.18. The van der Waals surface area contributed by atoms with E-state index in [0.717, 1.165) is 11.1 Å². The Morgan fingerprint density at radius 1 is 1.00 bits per heavy atom. The van der Waals surface area contributed by atoms with Crippen LogP contribution in [-0.4, -0.2) is 84.3 Å². The number of carbonyl (C=O) groups is 4. The molecule has 2 aromatic rings. The van der Waals surface area contributed by atoms with Crippen LogP contribution in [0.5, 0.6) is 5.75 Å². The standard InChI is InChI=1S/C36H49N5O5/c1-7-23(3)30-34(43)37-20-18-25-14-16-27(17-15-25)46-29-19-21-41(32(29)35(44)38-30)36(45)31(24(4)8-2)39-33(42)28(40(5)6)22-26-12-10-9-11-13-26/h9-18,20,23-24,28-32H,7-8,19,21-22H2,1-6H3,(H,37,43)(H,38,44)(H,39,42)/b20-18+/t23-,24+,28+,29-,30+,31+,32+/m0/s1. The number of benzene rings is 2. The van der Waals surface area contributed by atoms with Crippen molar-refractivity contribution in [2.75, 3.05) is 20.6 Å². The monoisotopic (exact) mass is 631 g/mol. The molecule has 0 aromatic heterocycles. The molecule has 7 atom stereocenters. The highest BCUT2D eigenvalue weighted by Crippen LogP contribution is 2.28. The van der Waals surface area contributed by atoms with E-state index in [0.29, 0.717) is 31.4 Å². The number of likely N-dealkylation sites (N-methyl/N-ethyl adjacent to an activating group) is 1. The van der Waals surface area contributed by atoms with Crippen LogP contribution in [0.4, 0.5) is 0 Å². The summed E-state index contributed by atoms with van der Waals surface area (Å²) < 4.78 is 6.35. The van der Waals surface area contributed by atoms with Crippen molar-refractivity contribution >= 4 is 29.7 Å². The molecule has 2 bridgehead atoms. The fraction of sp³-hybridized carbons (Fsp3) is 0.500. The molecule has 3 aliphatic rings. The van der Waals surface area contributed by atoms with Gasteiger partial charge in [-0.2, -0.15) is 0 Å². The van der Waals surface area contributed by atoms with Crippen molar-refractivity contribution in [3.05, 3.63) is 71.9 Å². The number of likely N-dealkylation sites (tertiary alicyclic amines) is 1. The Morgan fingerprint density at radius 2 is 1.70 bits per heavy atom. The minimum Gasteiger partial charge on any atom is -0.488 e. The molecule has 10 heteroatoms. The van der Waals surface area contributed by atoms with Crippen molar-refractivity contribution in [2.24, 2.45) is 11.8 Å². The second-order valence-corrected chi connectivity index (χ2v) is 12.7. The third-order valence-corrected chi connectivity index (χ3v) is 9.33. The molecule has 3 aliphatic heterocycles. The SMILES string of the molecule is CC[C@@H](C)[C@@H](NC(=O)[C@@H](Cc1ccccc1)N(C)C)C(=O)N1CC[C@@H]2Oc3ccc(cc3)/C=C/NC(=O)[C@@H]([C@@H](C)CC)NC(=O)[C@@H]21. The molecule has 46 heavy (non-hydrogen) atoms. The Balaban J connectivity index is 1.64. The van der Waals surface area contributed by atoms with Gasteiger partial charge in [0.1, 0.15) is 30.0 Å². The lowest BCUT2D eigenvalue weighted by molar-refractivity contribution is -0.145. The van der Waals surface area contributed by atoms with Crippen molar-refractivity contribution in [3.63, 3.8) is 0 Å². The van der Waals surface area contributed by atoms with Gasteiger partial charge in [-0.3, -0.25) is 24.1 Å². The minimum absolute atomic E-state index is 0.159. The number of carbonyl (C=O) groups excluding carboxylic acids is 4. The lowest BCUT2D eigenvalue weighted by Gasteiger charge is -2.35. The van der Waals surface area contributed by atoms with Crippen molar-refractivity contribution in [3.8, 4) is 5.75 Å². The van der Waals surface area contributed by atoms with E-state index in [1.54, 1.807) is 12.3 Å². The molecule has 1 fully saturated rings. The van der Waals surface area contributed by atoms with Gasteiger partial charge in [0.25, 0.3) is 0 Å². The van der Waals surface area contributed by atoms with Gasteiger partial charge < -0.3 is 25.6 Å². The molecule has 0 radical (unpaired) electrons. The van der Waals surface area contributed by atoms with Crippen LogP contribution < -0.4 is 20.7 Å². The van der Waals surface area contributed by atoms with Crippen LogP contribution >= 0.6 is 0 Å². The van der Waals surface area contributed by atoms with E-state index in [-0.39, 0.29) is 36.1 Å². The van der Waals surface area contributed by atoms with Gasteiger partial charge in [0.05, 0.1) is 6.04 Å². The summed E-state index contributed by atoms with van der Waals surface area (Å²) in [6.07, 6.45) is 4.91. The third-order valence-electron chi connectivity index (χ3n) is 9.33. The van der Waals surface area contributed by atoms with E-state index in [1.165, 1.54) is 4.90 Å². The molecule has 10 nitrogen and oxygen atoms in total. The lowest BCUT2D eigenvalue weighted by Crippen LogP contribution is -2.61. The maximum absolute atomic E-state index is 14.4. The number of nitrogens with one attached hydrogen (secondary N) is 3. The van der Waals surface area contributed by atoms with E-state index in [1.807, 2.05) is 101 Å². The van der Waals surface area contributed by atoms with E-state index in [4.69, 9.17) is 4.74 Å². The molecule has 0 saturated carbocycles. The van der Waals surface area contributed by atoms with E-state index in [9.17, 15) is 19.2 Å². The Bertz CT molecular complexity index is 1380. The zero-order valence-electron chi connectivity index (χ0n) is 27.9. The van der Waals surface area contributed by atoms with Gasteiger partial charge in [0, 0.05) is 19.2 Å². The molecule has 248 valence electrons. The molecule has 1 saturated heterocycles. The largest absolute Gasteiger partial charge is 0.488 e. The first-order valence-corrected chi connectivity index (χ1v) is 16.4. The lowest BCUT2D eigenvalue weighted by atomic mass is 9.95. The highest BCUT2D eigenvalue weighted by molar-refractivity contribution is 5.96. The van der Waals surface area contributed by atoms with Gasteiger partial charge in [-0.05, 0) is 61.7 Å². The number of ether oxygens (including phenoxy) is 1. The summed E-state index contributed by atoms with van der Waals surface area (Å²) in [5, 5.41) is 8.82. The van der Waals surface area contributed by atoms with Crippen molar-refractivity contribution in [1.29, 1.82) is 0 Å².